The molecule has 0 bridgehead atoms. The lowest BCUT2D eigenvalue weighted by molar-refractivity contribution is 0.203. The zero-order valence-corrected chi connectivity index (χ0v) is 13.3. The molecule has 0 radical (unpaired) electrons. The lowest BCUT2D eigenvalue weighted by Crippen LogP contribution is -2.33. The standard InChI is InChI=1S/C16H23N3S/c1-4-19(11-14-5-7-18-8-6-14)16(10-17)15-9-12(2)20-13(15)3/h5-9,16H,4,10-11,17H2,1-3H3. The van der Waals surface area contributed by atoms with Gasteiger partial charge in [0.25, 0.3) is 0 Å². The molecule has 2 N–H and O–H groups in total. The molecule has 3 nitrogen and oxygen atoms in total. The molecular weight excluding hydrogens is 266 g/mol. The Balaban J connectivity index is 2.22. The highest BCUT2D eigenvalue weighted by Crippen LogP contribution is 2.30. The van der Waals surface area contributed by atoms with Crippen LogP contribution in [-0.4, -0.2) is 23.0 Å². The molecular formula is C16H23N3S. The second-order valence-corrected chi connectivity index (χ2v) is 6.50. The summed E-state index contributed by atoms with van der Waals surface area (Å²) in [6, 6.07) is 6.72. The first-order valence-corrected chi connectivity index (χ1v) is 7.87. The Morgan fingerprint density at radius 2 is 2.00 bits per heavy atom. The predicted molar refractivity (Wildman–Crippen MR) is 85.9 cm³/mol. The van der Waals surface area contributed by atoms with E-state index in [4.69, 9.17) is 5.73 Å². The van der Waals surface area contributed by atoms with Gasteiger partial charge in [0.05, 0.1) is 0 Å². The van der Waals surface area contributed by atoms with Gasteiger partial charge in [0, 0.05) is 41.3 Å². The van der Waals surface area contributed by atoms with Crippen LogP contribution in [0.25, 0.3) is 0 Å². The summed E-state index contributed by atoms with van der Waals surface area (Å²) in [4.78, 5) is 9.25. The quantitative estimate of drug-likeness (QED) is 0.887. The number of aryl methyl sites for hydroxylation is 2. The summed E-state index contributed by atoms with van der Waals surface area (Å²) < 4.78 is 0. The molecule has 0 saturated carbocycles. The van der Waals surface area contributed by atoms with Crippen molar-refractivity contribution in [2.75, 3.05) is 13.1 Å². The number of aromatic nitrogens is 1. The first-order chi connectivity index (χ1) is 9.65. The third kappa shape index (κ3) is 3.45. The van der Waals surface area contributed by atoms with Crippen LogP contribution in [0.15, 0.2) is 30.6 Å². The van der Waals surface area contributed by atoms with Crippen molar-refractivity contribution in [1.29, 1.82) is 0 Å². The van der Waals surface area contributed by atoms with Crippen molar-refractivity contribution in [3.05, 3.63) is 51.5 Å². The minimum absolute atomic E-state index is 0.290. The van der Waals surface area contributed by atoms with Crippen molar-refractivity contribution < 1.29 is 0 Å². The third-order valence-electron chi connectivity index (χ3n) is 3.64. The number of hydrogen-bond donors (Lipinski definition) is 1. The summed E-state index contributed by atoms with van der Waals surface area (Å²) in [7, 11) is 0. The first-order valence-electron chi connectivity index (χ1n) is 7.05. The fraction of sp³-hybridized carbons (Fsp3) is 0.438. The Morgan fingerprint density at radius 3 is 2.50 bits per heavy atom. The second kappa shape index (κ2) is 6.97. The normalized spacial score (nSPS) is 12.8. The predicted octanol–water partition coefficient (Wildman–Crippen LogP) is 3.28. The average Bonchev–Trinajstić information content (AvgIpc) is 2.78. The van der Waals surface area contributed by atoms with Crippen molar-refractivity contribution in [2.45, 2.75) is 33.4 Å². The van der Waals surface area contributed by atoms with Gasteiger partial charge in [-0.25, -0.2) is 0 Å². The molecule has 0 amide bonds. The van der Waals surface area contributed by atoms with Crippen LogP contribution in [0.4, 0.5) is 0 Å². The fourth-order valence-corrected chi connectivity index (χ4v) is 3.60. The molecule has 0 aliphatic heterocycles. The fourth-order valence-electron chi connectivity index (χ4n) is 2.62. The molecule has 2 aromatic rings. The molecule has 0 spiro atoms. The zero-order chi connectivity index (χ0) is 14.5. The average molecular weight is 289 g/mol. The Hall–Kier alpha value is -1.23. The smallest absolute Gasteiger partial charge is 0.0484 e. The second-order valence-electron chi connectivity index (χ2n) is 5.04. The van der Waals surface area contributed by atoms with Crippen molar-refractivity contribution >= 4 is 11.3 Å². The third-order valence-corrected chi connectivity index (χ3v) is 4.63. The monoisotopic (exact) mass is 289 g/mol. The lowest BCUT2D eigenvalue weighted by Gasteiger charge is -2.30. The maximum absolute atomic E-state index is 6.06. The van der Waals surface area contributed by atoms with E-state index in [1.54, 1.807) is 0 Å². The number of rotatable bonds is 6. The SMILES string of the molecule is CCN(Cc1ccncc1)C(CN)c1cc(C)sc1C. The summed E-state index contributed by atoms with van der Waals surface area (Å²) in [6.45, 7) is 9.09. The van der Waals surface area contributed by atoms with E-state index in [2.05, 4.69) is 48.9 Å². The van der Waals surface area contributed by atoms with Gasteiger partial charge in [-0.2, -0.15) is 0 Å². The van der Waals surface area contributed by atoms with Crippen molar-refractivity contribution in [3.8, 4) is 0 Å². The van der Waals surface area contributed by atoms with Crippen LogP contribution in [0, 0.1) is 13.8 Å². The maximum Gasteiger partial charge on any atom is 0.0484 e. The number of hydrogen-bond acceptors (Lipinski definition) is 4. The van der Waals surface area contributed by atoms with E-state index in [1.807, 2.05) is 23.7 Å². The summed E-state index contributed by atoms with van der Waals surface area (Å²) in [5.41, 5.74) is 8.73. The van der Waals surface area contributed by atoms with E-state index in [0.29, 0.717) is 6.54 Å². The number of nitrogens with zero attached hydrogens (tertiary/aromatic N) is 2. The van der Waals surface area contributed by atoms with Gasteiger partial charge in [-0.15, -0.1) is 11.3 Å². The topological polar surface area (TPSA) is 42.2 Å². The maximum atomic E-state index is 6.06. The molecule has 0 fully saturated rings. The number of likely N-dealkylation sites (N-methyl/N-ethyl adjacent to an activating group) is 1. The molecule has 0 aliphatic rings. The number of pyridine rings is 1. The van der Waals surface area contributed by atoms with Gasteiger partial charge in [-0.3, -0.25) is 9.88 Å². The van der Waals surface area contributed by atoms with E-state index in [1.165, 1.54) is 20.9 Å². The first kappa shape index (κ1) is 15.2. The van der Waals surface area contributed by atoms with Crippen LogP contribution >= 0.6 is 11.3 Å². The van der Waals surface area contributed by atoms with Gasteiger partial charge in [0.15, 0.2) is 0 Å². The molecule has 2 aromatic heterocycles. The summed E-state index contributed by atoms with van der Waals surface area (Å²) >= 11 is 1.85. The molecule has 0 saturated heterocycles. The van der Waals surface area contributed by atoms with Crippen LogP contribution in [0.1, 0.15) is 33.8 Å². The largest absolute Gasteiger partial charge is 0.329 e. The molecule has 1 unspecified atom stereocenters. The Bertz CT molecular complexity index is 536. The highest BCUT2D eigenvalue weighted by molar-refractivity contribution is 7.12. The Kier molecular flexibility index (Phi) is 5.29. The van der Waals surface area contributed by atoms with E-state index in [0.717, 1.165) is 13.1 Å². The highest BCUT2D eigenvalue weighted by Gasteiger charge is 2.21. The molecule has 2 heterocycles. The minimum Gasteiger partial charge on any atom is -0.329 e. The van der Waals surface area contributed by atoms with Gasteiger partial charge >= 0.3 is 0 Å². The molecule has 108 valence electrons. The lowest BCUT2D eigenvalue weighted by atomic mass is 10.1. The summed E-state index contributed by atoms with van der Waals surface area (Å²) in [5.74, 6) is 0. The van der Waals surface area contributed by atoms with Gasteiger partial charge < -0.3 is 5.73 Å². The minimum atomic E-state index is 0.290. The number of nitrogens with two attached hydrogens (primary N) is 1. The van der Waals surface area contributed by atoms with Crippen LogP contribution in [0.5, 0.6) is 0 Å². The van der Waals surface area contributed by atoms with Gasteiger partial charge in [0.1, 0.15) is 0 Å². The van der Waals surface area contributed by atoms with Crippen molar-refractivity contribution in [2.24, 2.45) is 5.73 Å². The van der Waals surface area contributed by atoms with Crippen molar-refractivity contribution in [3.63, 3.8) is 0 Å². The Labute approximate surface area is 125 Å². The summed E-state index contributed by atoms with van der Waals surface area (Å²) in [5, 5.41) is 0. The van der Waals surface area contributed by atoms with E-state index < -0.39 is 0 Å². The van der Waals surface area contributed by atoms with Crippen LogP contribution in [-0.2, 0) is 6.54 Å². The zero-order valence-electron chi connectivity index (χ0n) is 12.5. The van der Waals surface area contributed by atoms with E-state index >= 15 is 0 Å². The molecule has 4 heteroatoms. The van der Waals surface area contributed by atoms with Crippen LogP contribution in [0.2, 0.25) is 0 Å². The summed E-state index contributed by atoms with van der Waals surface area (Å²) in [6.07, 6.45) is 3.70. The van der Waals surface area contributed by atoms with Gasteiger partial charge in [-0.1, -0.05) is 6.92 Å². The molecule has 2 rings (SSSR count). The van der Waals surface area contributed by atoms with Gasteiger partial charge in [0.2, 0.25) is 0 Å². The highest BCUT2D eigenvalue weighted by atomic mass is 32.1. The van der Waals surface area contributed by atoms with Gasteiger partial charge in [-0.05, 0) is 49.7 Å². The Morgan fingerprint density at radius 1 is 1.30 bits per heavy atom. The molecule has 20 heavy (non-hydrogen) atoms. The van der Waals surface area contributed by atoms with Crippen LogP contribution < -0.4 is 5.73 Å². The molecule has 0 aromatic carbocycles. The van der Waals surface area contributed by atoms with E-state index in [-0.39, 0.29) is 6.04 Å². The van der Waals surface area contributed by atoms with Crippen LogP contribution in [0.3, 0.4) is 0 Å². The van der Waals surface area contributed by atoms with Crippen molar-refractivity contribution in [1.82, 2.24) is 9.88 Å². The molecule has 0 aliphatic carbocycles. The number of thiophene rings is 1. The molecule has 1 atom stereocenters. The van der Waals surface area contributed by atoms with E-state index in [9.17, 15) is 0 Å².